The van der Waals surface area contributed by atoms with E-state index in [4.69, 9.17) is 9.05 Å². The number of phosphoric ester groups is 1. The smallest absolute Gasteiger partial charge is 0.391 e. The van der Waals surface area contributed by atoms with Crippen molar-refractivity contribution in [1.29, 1.82) is 0 Å². The van der Waals surface area contributed by atoms with Crippen LogP contribution in [0.3, 0.4) is 0 Å². The van der Waals surface area contributed by atoms with Crippen LogP contribution in [0.1, 0.15) is 194 Å². The summed E-state index contributed by atoms with van der Waals surface area (Å²) in [5, 5.41) is 13.9. The van der Waals surface area contributed by atoms with Gasteiger partial charge in [-0.1, -0.05) is 225 Å². The van der Waals surface area contributed by atoms with Crippen LogP contribution in [0, 0.1) is 0 Å². The number of nitrogens with zero attached hydrogens (tertiary/aromatic N) is 1. The van der Waals surface area contributed by atoms with Gasteiger partial charge in [0.2, 0.25) is 5.91 Å². The van der Waals surface area contributed by atoms with Crippen molar-refractivity contribution in [2.75, 3.05) is 40.9 Å². The second-order valence-electron chi connectivity index (χ2n) is 19.2. The Hall–Kier alpha value is -3.36. The minimum absolute atomic E-state index is 0.0604. The Bertz CT molecular complexity index is 1590. The van der Waals surface area contributed by atoms with Gasteiger partial charge >= 0.3 is 7.82 Å². The molecular formula is C61H104N2O6P+. The molecule has 3 N–H and O–H groups in total. The minimum atomic E-state index is -4.33. The fourth-order valence-electron chi connectivity index (χ4n) is 7.11. The van der Waals surface area contributed by atoms with Crippen molar-refractivity contribution in [2.45, 2.75) is 206 Å². The second-order valence-corrected chi connectivity index (χ2v) is 20.7. The Balaban J connectivity index is 4.21. The maximum absolute atomic E-state index is 12.9. The lowest BCUT2D eigenvalue weighted by Gasteiger charge is -2.26. The van der Waals surface area contributed by atoms with Crippen LogP contribution in [-0.2, 0) is 18.4 Å². The Labute approximate surface area is 430 Å². The molecule has 9 heteroatoms. The van der Waals surface area contributed by atoms with E-state index in [9.17, 15) is 19.4 Å². The van der Waals surface area contributed by atoms with E-state index in [1.54, 1.807) is 0 Å². The van der Waals surface area contributed by atoms with Crippen molar-refractivity contribution in [1.82, 2.24) is 5.32 Å². The molecule has 0 aromatic rings. The third kappa shape index (κ3) is 52.5. The number of aliphatic hydroxyl groups is 1. The van der Waals surface area contributed by atoms with Gasteiger partial charge in [0.05, 0.1) is 39.9 Å². The lowest BCUT2D eigenvalue weighted by Crippen LogP contribution is -2.46. The van der Waals surface area contributed by atoms with E-state index < -0.39 is 20.0 Å². The number of nitrogens with one attached hydrogen (secondary N) is 1. The number of carbonyl (C=O) groups excluding carboxylic acids is 1. The van der Waals surface area contributed by atoms with Crippen molar-refractivity contribution in [3.8, 4) is 0 Å². The molecule has 70 heavy (non-hydrogen) atoms. The first-order valence-electron chi connectivity index (χ1n) is 27.5. The molecule has 0 spiro atoms. The highest BCUT2D eigenvalue weighted by Crippen LogP contribution is 2.43. The van der Waals surface area contributed by atoms with Crippen LogP contribution in [0.25, 0.3) is 0 Å². The number of hydrogen-bond donors (Lipinski definition) is 3. The Morgan fingerprint density at radius 3 is 1.24 bits per heavy atom. The van der Waals surface area contributed by atoms with E-state index in [-0.39, 0.29) is 19.1 Å². The number of quaternary nitrogens is 1. The molecule has 0 heterocycles. The van der Waals surface area contributed by atoms with E-state index in [0.29, 0.717) is 23.9 Å². The summed E-state index contributed by atoms with van der Waals surface area (Å²) in [6.45, 7) is 4.71. The zero-order valence-electron chi connectivity index (χ0n) is 45.2. The van der Waals surface area contributed by atoms with Crippen LogP contribution in [-0.4, -0.2) is 73.4 Å². The van der Waals surface area contributed by atoms with Crippen LogP contribution in [0.5, 0.6) is 0 Å². The van der Waals surface area contributed by atoms with Crippen LogP contribution < -0.4 is 5.32 Å². The van der Waals surface area contributed by atoms with Crippen LogP contribution in [0.4, 0.5) is 0 Å². The molecule has 0 aliphatic heterocycles. The lowest BCUT2D eigenvalue weighted by atomic mass is 10.0. The van der Waals surface area contributed by atoms with Crippen molar-refractivity contribution >= 4 is 13.7 Å². The molecule has 8 nitrogen and oxygen atoms in total. The fraction of sp³-hybridized carbons (Fsp3) is 0.623. The molecule has 0 radical (unpaired) electrons. The normalized spacial score (nSPS) is 15.0. The summed E-state index contributed by atoms with van der Waals surface area (Å²) in [6.07, 6.45) is 76.5. The average molecular weight is 992 g/mol. The quantitative estimate of drug-likeness (QED) is 0.0243. The molecule has 0 saturated carbocycles. The summed E-state index contributed by atoms with van der Waals surface area (Å²) < 4.78 is 23.6. The zero-order valence-corrected chi connectivity index (χ0v) is 46.1. The van der Waals surface area contributed by atoms with Crippen LogP contribution >= 0.6 is 7.82 Å². The monoisotopic (exact) mass is 992 g/mol. The van der Waals surface area contributed by atoms with Crippen molar-refractivity contribution in [3.05, 3.63) is 134 Å². The van der Waals surface area contributed by atoms with Gasteiger partial charge in [-0.2, -0.15) is 0 Å². The predicted octanol–water partition coefficient (Wildman–Crippen LogP) is 16.8. The topological polar surface area (TPSA) is 105 Å². The average Bonchev–Trinajstić information content (AvgIpc) is 3.32. The van der Waals surface area contributed by atoms with Gasteiger partial charge < -0.3 is 19.8 Å². The standard InChI is InChI=1S/C61H103N2O6P/c1-6-8-10-12-14-16-18-19-20-21-22-23-24-25-26-27-28-29-30-31-32-33-34-35-36-37-38-39-40-41-42-43-45-47-49-51-53-55-61(65)62-59(58-69-70(66,67)68-57-56-63(3,4)5)60(64)54-52-50-48-46-44-17-15-13-11-9-7-2/h8,10,14,16,19-20,22-23,25-26,28-29,31-32,34-35,37-38,40-41,43,45,59-60,64H,6-7,9,11-13,15,17-18,21,24,27,30,33,36,39,42,44,46-58H2,1-5H3,(H-,62,65,66,67)/p+1/b10-8-,16-14-,20-19-,23-22-,26-25-,29-28-,32-31-,35-34-,38-37-,41-40-,45-43-. The number of phosphoric acid groups is 1. The highest BCUT2D eigenvalue weighted by atomic mass is 31.2. The molecule has 0 aromatic heterocycles. The van der Waals surface area contributed by atoms with Gasteiger partial charge in [-0.25, -0.2) is 4.57 Å². The number of carbonyl (C=O) groups is 1. The van der Waals surface area contributed by atoms with E-state index in [2.05, 4.69) is 153 Å². The minimum Gasteiger partial charge on any atom is -0.391 e. The molecule has 398 valence electrons. The molecule has 0 saturated heterocycles. The first-order chi connectivity index (χ1) is 34.0. The molecule has 0 aliphatic carbocycles. The van der Waals surface area contributed by atoms with Gasteiger partial charge in [0.1, 0.15) is 13.2 Å². The Kier molecular flexibility index (Phi) is 48.1. The summed E-state index contributed by atoms with van der Waals surface area (Å²) >= 11 is 0. The van der Waals surface area contributed by atoms with E-state index in [0.717, 1.165) is 116 Å². The molecular weight excluding hydrogens is 888 g/mol. The molecule has 0 aromatic carbocycles. The number of unbranched alkanes of at least 4 members (excludes halogenated alkanes) is 13. The fourth-order valence-corrected chi connectivity index (χ4v) is 7.84. The largest absolute Gasteiger partial charge is 0.472 e. The molecule has 0 rings (SSSR count). The van der Waals surface area contributed by atoms with Crippen molar-refractivity contribution in [3.63, 3.8) is 0 Å². The third-order valence-corrected chi connectivity index (χ3v) is 12.4. The molecule has 0 fully saturated rings. The summed E-state index contributed by atoms with van der Waals surface area (Å²) in [5.41, 5.74) is 0. The van der Waals surface area contributed by atoms with Gasteiger partial charge in [-0.15, -0.1) is 0 Å². The first kappa shape index (κ1) is 66.6. The number of rotatable bonds is 48. The van der Waals surface area contributed by atoms with Crippen LogP contribution in [0.2, 0.25) is 0 Å². The lowest BCUT2D eigenvalue weighted by molar-refractivity contribution is -0.870. The molecule has 0 aliphatic rings. The van der Waals surface area contributed by atoms with Gasteiger partial charge in [0.15, 0.2) is 0 Å². The van der Waals surface area contributed by atoms with Crippen molar-refractivity contribution < 1.29 is 32.9 Å². The number of amides is 1. The summed E-state index contributed by atoms with van der Waals surface area (Å²) in [5.74, 6) is -0.184. The highest BCUT2D eigenvalue weighted by Gasteiger charge is 2.28. The molecule has 3 atom stereocenters. The Morgan fingerprint density at radius 2 is 0.857 bits per heavy atom. The summed E-state index contributed by atoms with van der Waals surface area (Å²) in [6, 6.07) is -0.787. The maximum Gasteiger partial charge on any atom is 0.472 e. The number of aliphatic hydroxyl groups excluding tert-OH is 1. The first-order valence-corrected chi connectivity index (χ1v) is 29.0. The van der Waals surface area contributed by atoms with Gasteiger partial charge in [-0.3, -0.25) is 13.8 Å². The second kappa shape index (κ2) is 50.6. The van der Waals surface area contributed by atoms with Crippen molar-refractivity contribution in [2.24, 2.45) is 0 Å². The molecule has 1 amide bonds. The Morgan fingerprint density at radius 1 is 0.500 bits per heavy atom. The number of allylic oxidation sites excluding steroid dienone is 22. The summed E-state index contributed by atoms with van der Waals surface area (Å²) in [4.78, 5) is 23.2. The van der Waals surface area contributed by atoms with E-state index in [1.165, 1.54) is 51.4 Å². The SMILES string of the molecule is CC/C=C\C/C=C\C/C=C\C/C=C\C/C=C\C/C=C\C/C=C\C/C=C\C/C=C\C/C=C\C/C=C\CCCCCC(=O)NC(COP(=O)(O)OCC[N+](C)(C)C)C(O)CCCCCCCCCCCCC. The van der Waals surface area contributed by atoms with Gasteiger partial charge in [0.25, 0.3) is 0 Å². The molecule has 3 unspecified atom stereocenters. The maximum atomic E-state index is 12.9. The third-order valence-electron chi connectivity index (χ3n) is 11.4. The summed E-state index contributed by atoms with van der Waals surface area (Å²) in [7, 11) is 1.57. The highest BCUT2D eigenvalue weighted by molar-refractivity contribution is 7.47. The van der Waals surface area contributed by atoms with Gasteiger partial charge in [0, 0.05) is 6.42 Å². The molecule has 0 bridgehead atoms. The van der Waals surface area contributed by atoms with Gasteiger partial charge in [-0.05, 0) is 96.3 Å². The number of likely N-dealkylation sites (N-methyl/N-ethyl adjacent to an activating group) is 1. The van der Waals surface area contributed by atoms with E-state index >= 15 is 0 Å². The zero-order chi connectivity index (χ0) is 51.3. The van der Waals surface area contributed by atoms with E-state index in [1.807, 2.05) is 21.1 Å². The van der Waals surface area contributed by atoms with Crippen LogP contribution in [0.15, 0.2) is 134 Å². The predicted molar refractivity (Wildman–Crippen MR) is 304 cm³/mol. The number of hydrogen-bond acceptors (Lipinski definition) is 5.